The van der Waals surface area contributed by atoms with Crippen molar-refractivity contribution in [3.8, 4) is 0 Å². The van der Waals surface area contributed by atoms with Crippen molar-refractivity contribution in [2.24, 2.45) is 0 Å². The molecule has 1 aromatic carbocycles. The molecule has 0 aromatic heterocycles. The van der Waals surface area contributed by atoms with Crippen LogP contribution in [0.25, 0.3) is 0 Å². The minimum Gasteiger partial charge on any atom is -0.317 e. The Kier molecular flexibility index (Phi) is 5.99. The van der Waals surface area contributed by atoms with Crippen LogP contribution in [0.15, 0.2) is 18.2 Å². The van der Waals surface area contributed by atoms with Crippen LogP contribution >= 0.6 is 12.4 Å². The molecule has 0 radical (unpaired) electrons. The van der Waals surface area contributed by atoms with Gasteiger partial charge in [0.05, 0.1) is 0 Å². The first-order valence-electron chi connectivity index (χ1n) is 6.01. The van der Waals surface area contributed by atoms with E-state index in [1.807, 2.05) is 7.05 Å². The number of rotatable bonds is 3. The van der Waals surface area contributed by atoms with E-state index in [0.717, 1.165) is 32.0 Å². The van der Waals surface area contributed by atoms with Crippen LogP contribution < -0.4 is 5.32 Å². The van der Waals surface area contributed by atoms with Crippen molar-refractivity contribution in [3.05, 3.63) is 35.4 Å². The van der Waals surface area contributed by atoms with Gasteiger partial charge in [0.25, 0.3) is 0 Å². The molecule has 0 spiro atoms. The van der Waals surface area contributed by atoms with E-state index in [1.165, 1.54) is 12.1 Å². The van der Waals surface area contributed by atoms with E-state index in [-0.39, 0.29) is 12.4 Å². The molecule has 1 fully saturated rings. The van der Waals surface area contributed by atoms with E-state index in [1.54, 1.807) is 0 Å². The molecule has 1 saturated heterocycles. The van der Waals surface area contributed by atoms with Crippen LogP contribution in [-0.2, 0) is 6.54 Å². The molecule has 2 nitrogen and oxygen atoms in total. The molecular formula is C13H19ClF2N2. The third-order valence-electron chi connectivity index (χ3n) is 3.29. The van der Waals surface area contributed by atoms with Crippen molar-refractivity contribution >= 4 is 12.4 Å². The van der Waals surface area contributed by atoms with Crippen LogP contribution in [0.5, 0.6) is 0 Å². The second-order valence-corrected chi connectivity index (χ2v) is 4.67. The van der Waals surface area contributed by atoms with Crippen molar-refractivity contribution in [1.82, 2.24) is 10.2 Å². The molecule has 0 aliphatic carbocycles. The van der Waals surface area contributed by atoms with Gasteiger partial charge in [-0.2, -0.15) is 0 Å². The summed E-state index contributed by atoms with van der Waals surface area (Å²) >= 11 is 0. The van der Waals surface area contributed by atoms with Gasteiger partial charge in [0.2, 0.25) is 0 Å². The average molecular weight is 277 g/mol. The minimum absolute atomic E-state index is 0. The second-order valence-electron chi connectivity index (χ2n) is 4.67. The Hall–Kier alpha value is -0.710. The van der Waals surface area contributed by atoms with E-state index in [2.05, 4.69) is 10.2 Å². The third-order valence-corrected chi connectivity index (χ3v) is 3.29. The maximum atomic E-state index is 13.1. The maximum Gasteiger partial charge on any atom is 0.126 e. The van der Waals surface area contributed by atoms with E-state index >= 15 is 0 Å². The molecule has 5 heteroatoms. The van der Waals surface area contributed by atoms with Crippen LogP contribution in [0.4, 0.5) is 8.78 Å². The highest BCUT2D eigenvalue weighted by Gasteiger charge is 2.17. The van der Waals surface area contributed by atoms with Crippen LogP contribution in [0, 0.1) is 11.6 Å². The van der Waals surface area contributed by atoms with Gasteiger partial charge in [-0.1, -0.05) is 0 Å². The number of nitrogens with one attached hydrogen (secondary N) is 1. The Balaban J connectivity index is 0.00000162. The monoisotopic (exact) mass is 276 g/mol. The van der Waals surface area contributed by atoms with E-state index < -0.39 is 11.6 Å². The van der Waals surface area contributed by atoms with Gasteiger partial charge in [0.15, 0.2) is 0 Å². The first kappa shape index (κ1) is 15.3. The summed E-state index contributed by atoms with van der Waals surface area (Å²) in [5, 5.41) is 3.31. The fraction of sp³-hybridized carbons (Fsp3) is 0.538. The predicted octanol–water partition coefficient (Wildman–Crippen LogP) is 2.57. The van der Waals surface area contributed by atoms with Gasteiger partial charge < -0.3 is 5.32 Å². The van der Waals surface area contributed by atoms with Crippen molar-refractivity contribution in [2.75, 3.05) is 20.1 Å². The molecule has 2 rings (SSSR count). The zero-order valence-electron chi connectivity index (χ0n) is 10.5. The van der Waals surface area contributed by atoms with Gasteiger partial charge in [-0.25, -0.2) is 8.78 Å². The SMILES string of the molecule is CN(Cc1cc(F)cc(F)c1)C1CCNCC1.Cl. The molecular weight excluding hydrogens is 258 g/mol. The van der Waals surface area contributed by atoms with Crippen LogP contribution in [0.2, 0.25) is 0 Å². The smallest absolute Gasteiger partial charge is 0.126 e. The average Bonchev–Trinajstić information content (AvgIpc) is 2.28. The zero-order chi connectivity index (χ0) is 12.3. The number of halogens is 3. The number of hydrogen-bond acceptors (Lipinski definition) is 2. The Morgan fingerprint density at radius 1 is 1.17 bits per heavy atom. The summed E-state index contributed by atoms with van der Waals surface area (Å²) < 4.78 is 26.1. The highest BCUT2D eigenvalue weighted by molar-refractivity contribution is 5.85. The van der Waals surface area contributed by atoms with Gasteiger partial charge in [0, 0.05) is 18.7 Å². The van der Waals surface area contributed by atoms with Crippen molar-refractivity contribution in [1.29, 1.82) is 0 Å². The largest absolute Gasteiger partial charge is 0.317 e. The Morgan fingerprint density at radius 3 is 2.28 bits per heavy atom. The molecule has 18 heavy (non-hydrogen) atoms. The molecule has 0 amide bonds. The lowest BCUT2D eigenvalue weighted by molar-refractivity contribution is 0.191. The molecule has 1 aromatic rings. The third kappa shape index (κ3) is 4.19. The normalized spacial score (nSPS) is 16.7. The molecule has 1 aliphatic rings. The van der Waals surface area contributed by atoms with Gasteiger partial charge in [-0.3, -0.25) is 4.90 Å². The summed E-state index contributed by atoms with van der Waals surface area (Å²) in [5.41, 5.74) is 0.698. The lowest BCUT2D eigenvalue weighted by Crippen LogP contribution is -2.40. The number of nitrogens with zero attached hydrogens (tertiary/aromatic N) is 1. The summed E-state index contributed by atoms with van der Waals surface area (Å²) in [4.78, 5) is 2.18. The number of benzene rings is 1. The molecule has 102 valence electrons. The molecule has 0 saturated carbocycles. The molecule has 0 atom stereocenters. The van der Waals surface area contributed by atoms with Crippen molar-refractivity contribution in [2.45, 2.75) is 25.4 Å². The highest BCUT2D eigenvalue weighted by Crippen LogP contribution is 2.15. The van der Waals surface area contributed by atoms with Crippen LogP contribution in [-0.4, -0.2) is 31.1 Å². The Morgan fingerprint density at radius 2 is 1.72 bits per heavy atom. The van der Waals surface area contributed by atoms with E-state index in [9.17, 15) is 8.78 Å². The summed E-state index contributed by atoms with van der Waals surface area (Å²) in [7, 11) is 2.01. The number of piperidine rings is 1. The summed E-state index contributed by atoms with van der Waals surface area (Å²) in [6.45, 7) is 2.64. The Bertz CT molecular complexity index is 361. The van der Waals surface area contributed by atoms with Gasteiger partial charge in [0.1, 0.15) is 11.6 Å². The first-order valence-corrected chi connectivity index (χ1v) is 6.01. The van der Waals surface area contributed by atoms with Crippen molar-refractivity contribution in [3.63, 3.8) is 0 Å². The zero-order valence-corrected chi connectivity index (χ0v) is 11.3. The molecule has 0 bridgehead atoms. The minimum atomic E-state index is -0.501. The maximum absolute atomic E-state index is 13.1. The fourth-order valence-corrected chi connectivity index (χ4v) is 2.37. The van der Waals surface area contributed by atoms with Crippen LogP contribution in [0.3, 0.4) is 0 Å². The van der Waals surface area contributed by atoms with Gasteiger partial charge >= 0.3 is 0 Å². The molecule has 0 unspecified atom stereocenters. The second kappa shape index (κ2) is 7.02. The van der Waals surface area contributed by atoms with Crippen molar-refractivity contribution < 1.29 is 8.78 Å². The number of hydrogen-bond donors (Lipinski definition) is 1. The first-order chi connectivity index (χ1) is 8.15. The van der Waals surface area contributed by atoms with Gasteiger partial charge in [-0.15, -0.1) is 12.4 Å². The highest BCUT2D eigenvalue weighted by atomic mass is 35.5. The van der Waals surface area contributed by atoms with Gasteiger partial charge in [-0.05, 0) is 50.7 Å². The topological polar surface area (TPSA) is 15.3 Å². The predicted molar refractivity (Wildman–Crippen MR) is 71.0 cm³/mol. The standard InChI is InChI=1S/C13H18F2N2.ClH/c1-17(13-2-4-16-5-3-13)9-10-6-11(14)8-12(15)7-10;/h6-8,13,16H,2-5,9H2,1H3;1H. The summed E-state index contributed by atoms with van der Waals surface area (Å²) in [5.74, 6) is -1.00. The summed E-state index contributed by atoms with van der Waals surface area (Å²) in [6, 6.07) is 4.22. The van der Waals surface area contributed by atoms with E-state index in [4.69, 9.17) is 0 Å². The Labute approximate surface area is 113 Å². The molecule has 1 aliphatic heterocycles. The fourth-order valence-electron chi connectivity index (χ4n) is 2.37. The van der Waals surface area contributed by atoms with E-state index in [0.29, 0.717) is 18.2 Å². The molecule has 1 N–H and O–H groups in total. The summed E-state index contributed by atoms with van der Waals surface area (Å²) in [6.07, 6.45) is 2.18. The quantitative estimate of drug-likeness (QED) is 0.913. The lowest BCUT2D eigenvalue weighted by atomic mass is 10.0. The molecule has 1 heterocycles. The lowest BCUT2D eigenvalue weighted by Gasteiger charge is -2.31. The van der Waals surface area contributed by atoms with Crippen LogP contribution in [0.1, 0.15) is 18.4 Å².